The SMILES string of the molecule is COc1cc(F)cc(N(CCCN2CCC[C@H]2CO)c2ccc3ncc(-c4cnn(C)c4)nc3c2)c1.COc1cc(OC)cc(N(CC2CN(C(C)C)C(=O)CO2)c2ccc3ncc(-c4cnn(C)c4)nc3c2)c1.COc1cc(OC)cc(N(CCNC(C)C)c2ccc3ncc(C4=CC(CCO)N=C4)nc3c2)c1.S. The Kier molecular flexibility index (Phi) is 27.3. The highest BCUT2D eigenvalue weighted by Gasteiger charge is 2.31. The third kappa shape index (κ3) is 19.9. The first-order chi connectivity index (χ1) is 52.9. The van der Waals surface area contributed by atoms with Crippen molar-refractivity contribution < 1.29 is 47.8 Å². The number of morpholine rings is 1. The van der Waals surface area contributed by atoms with Crippen molar-refractivity contribution in [1.82, 2.24) is 64.6 Å². The van der Waals surface area contributed by atoms with Crippen LogP contribution in [0, 0.1) is 5.82 Å². The van der Waals surface area contributed by atoms with Gasteiger partial charge < -0.3 is 63.6 Å². The number of rotatable bonds is 28. The molecule has 8 heterocycles. The number of methoxy groups -OCH3 is 5. The Morgan fingerprint density at radius 1 is 0.600 bits per heavy atom. The fraction of sp³-hybridized carbons (Fsp3) is 0.366. The van der Waals surface area contributed by atoms with E-state index in [1.165, 1.54) is 19.2 Å². The Balaban J connectivity index is 0.000000163. The highest BCUT2D eigenvalue weighted by atomic mass is 32.1. The van der Waals surface area contributed by atoms with Gasteiger partial charge in [-0.1, -0.05) is 13.8 Å². The lowest BCUT2D eigenvalue weighted by Crippen LogP contribution is -2.52. The molecule has 1 amide bonds. The van der Waals surface area contributed by atoms with Crippen LogP contribution in [0.1, 0.15) is 59.1 Å². The lowest BCUT2D eigenvalue weighted by Gasteiger charge is -2.38. The summed E-state index contributed by atoms with van der Waals surface area (Å²) in [6.07, 6.45) is 19.9. The number of aliphatic hydroxyl groups is 2. The van der Waals surface area contributed by atoms with E-state index in [2.05, 4.69) is 81.0 Å². The fourth-order valence-corrected chi connectivity index (χ4v) is 13.6. The largest absolute Gasteiger partial charge is 0.497 e. The van der Waals surface area contributed by atoms with Gasteiger partial charge in [0.15, 0.2) is 0 Å². The van der Waals surface area contributed by atoms with Gasteiger partial charge in [-0.05, 0) is 113 Å². The van der Waals surface area contributed by atoms with Crippen LogP contribution in [0.5, 0.6) is 28.7 Å². The summed E-state index contributed by atoms with van der Waals surface area (Å²) in [5, 5.41) is 30.9. The van der Waals surface area contributed by atoms with E-state index < -0.39 is 0 Å². The standard InChI is InChI=1S/C28H32N6O4.C27H31FN6O2.C27H33N5O3.H2S/c1-18(2)33-15-24(38-17-28(33)35)16-34(21-8-22(36-4)11-23(9-21)37-5)20-6-7-25-26(10-20)31-27(13-29-25)19-12-30-32(3)14-19;1-32-17-19(15-30-32)27-16-29-25-7-6-21(14-26(25)31-27)34(23-11-20(28)12-24(13-23)36-2)10-4-9-33-8-3-5-22(33)18-35;1-18(2)28-8-9-32(22-12-23(34-3)15-24(13-22)35-4)21-5-6-25-26(14-21)31-27(17-30-25)19-11-20(7-10-33)29-16-19;/h6-14,18,24H,15-17H2,1-5H3;6-7,11-17,22,35H,3-5,8-10,18H2,1-2H3;5-6,11-18,20,28,33H,7-10H2,1-4H3;1H2/t;22-;;/m.0../s1. The van der Waals surface area contributed by atoms with Crippen LogP contribution in [-0.2, 0) is 23.6 Å². The number of aliphatic hydroxyl groups excluding tert-OH is 2. The molecule has 28 heteroatoms. The zero-order chi connectivity index (χ0) is 76.7. The maximum atomic E-state index is 14.5. The smallest absolute Gasteiger partial charge is 0.248 e. The van der Waals surface area contributed by atoms with Gasteiger partial charge in [-0.15, -0.1) is 0 Å². The molecular formula is C82H98FN17O9S. The molecular weight excluding hydrogens is 1420 g/mol. The molecule has 2 fully saturated rings. The third-order valence-corrected chi connectivity index (χ3v) is 19.3. The van der Waals surface area contributed by atoms with Crippen molar-refractivity contribution in [3.63, 3.8) is 0 Å². The number of aryl methyl sites for hydroxylation is 2. The molecule has 2 saturated heterocycles. The number of nitrogens with zero attached hydrogens (tertiary/aromatic N) is 16. The van der Waals surface area contributed by atoms with Crippen molar-refractivity contribution in [3.8, 4) is 51.3 Å². The van der Waals surface area contributed by atoms with Crippen LogP contribution >= 0.6 is 13.5 Å². The molecule has 578 valence electrons. The van der Waals surface area contributed by atoms with Gasteiger partial charge in [-0.2, -0.15) is 23.7 Å². The van der Waals surface area contributed by atoms with Crippen molar-refractivity contribution in [2.75, 3.05) is 116 Å². The van der Waals surface area contributed by atoms with E-state index in [0.717, 1.165) is 152 Å². The van der Waals surface area contributed by atoms with Crippen molar-refractivity contribution in [3.05, 3.63) is 170 Å². The van der Waals surface area contributed by atoms with Gasteiger partial charge in [0, 0.05) is 190 Å². The number of amides is 1. The molecule has 14 rings (SSSR count). The quantitative estimate of drug-likeness (QED) is 0.0411. The zero-order valence-corrected chi connectivity index (χ0v) is 65.2. The Morgan fingerprint density at radius 2 is 1.09 bits per heavy atom. The average Bonchev–Trinajstić information content (AvgIpc) is 1.01. The molecule has 0 bridgehead atoms. The molecule has 3 atom stereocenters. The normalized spacial score (nSPS) is 15.5. The number of carbonyl (C=O) groups is 1. The van der Waals surface area contributed by atoms with Crippen molar-refractivity contribution in [1.29, 1.82) is 0 Å². The minimum Gasteiger partial charge on any atom is -0.497 e. The number of nitrogens with one attached hydrogen (secondary N) is 1. The Morgan fingerprint density at radius 3 is 1.58 bits per heavy atom. The Labute approximate surface area is 647 Å². The number of halogens is 1. The molecule has 0 saturated carbocycles. The molecule has 11 aromatic rings. The van der Waals surface area contributed by atoms with E-state index in [1.54, 1.807) is 68.8 Å². The van der Waals surface area contributed by atoms with Crippen LogP contribution in [0.2, 0.25) is 0 Å². The van der Waals surface area contributed by atoms with E-state index in [0.29, 0.717) is 55.0 Å². The zero-order valence-electron chi connectivity index (χ0n) is 64.2. The summed E-state index contributed by atoms with van der Waals surface area (Å²) < 4.78 is 51.4. The average molecular weight is 1520 g/mol. The number of anilines is 6. The summed E-state index contributed by atoms with van der Waals surface area (Å²) in [5.74, 6) is 2.93. The van der Waals surface area contributed by atoms with Crippen LogP contribution in [0.25, 0.3) is 61.2 Å². The summed E-state index contributed by atoms with van der Waals surface area (Å²) in [4.78, 5) is 55.9. The van der Waals surface area contributed by atoms with Crippen molar-refractivity contribution in [2.24, 2.45) is 19.1 Å². The summed E-state index contributed by atoms with van der Waals surface area (Å²) in [7, 11) is 11.8. The number of allylic oxidation sites excluding steroid dienone is 1. The summed E-state index contributed by atoms with van der Waals surface area (Å²) >= 11 is 0. The molecule has 26 nitrogen and oxygen atoms in total. The first kappa shape index (κ1) is 80.1. The van der Waals surface area contributed by atoms with Crippen LogP contribution < -0.4 is 43.7 Å². The summed E-state index contributed by atoms with van der Waals surface area (Å²) in [6, 6.07) is 35.1. The molecule has 0 radical (unpaired) electrons. The van der Waals surface area contributed by atoms with Crippen molar-refractivity contribution in [2.45, 2.75) is 83.6 Å². The van der Waals surface area contributed by atoms with E-state index in [4.69, 9.17) is 43.4 Å². The van der Waals surface area contributed by atoms with Crippen LogP contribution in [0.4, 0.5) is 38.5 Å². The Bertz CT molecular complexity index is 4960. The summed E-state index contributed by atoms with van der Waals surface area (Å²) in [5.41, 5.74) is 15.0. The maximum Gasteiger partial charge on any atom is 0.248 e. The molecule has 5 aromatic heterocycles. The molecule has 110 heavy (non-hydrogen) atoms. The van der Waals surface area contributed by atoms with E-state index in [-0.39, 0.29) is 69.3 Å². The topological polar surface area (TPSA) is 266 Å². The molecule has 3 aliphatic heterocycles. The predicted octanol–water partition coefficient (Wildman–Crippen LogP) is 12.1. The number of likely N-dealkylation sites (tertiary alicyclic amines) is 1. The first-order valence-electron chi connectivity index (χ1n) is 36.7. The number of aliphatic imine (C=N–C) groups is 1. The number of ether oxygens (including phenoxy) is 6. The van der Waals surface area contributed by atoms with Crippen molar-refractivity contribution >= 4 is 98.4 Å². The minimum atomic E-state index is -0.353. The lowest BCUT2D eigenvalue weighted by atomic mass is 10.1. The highest BCUT2D eigenvalue weighted by Crippen LogP contribution is 2.38. The third-order valence-electron chi connectivity index (χ3n) is 19.3. The monoisotopic (exact) mass is 1520 g/mol. The lowest BCUT2D eigenvalue weighted by molar-refractivity contribution is -0.150. The number of benzene rings is 6. The van der Waals surface area contributed by atoms with Gasteiger partial charge in [0.2, 0.25) is 5.91 Å². The molecule has 6 aromatic carbocycles. The van der Waals surface area contributed by atoms with E-state index in [9.17, 15) is 19.4 Å². The number of hydrogen-bond donors (Lipinski definition) is 3. The number of hydrogen-bond acceptors (Lipinski definition) is 23. The number of aromatic nitrogens is 10. The first-order valence-corrected chi connectivity index (χ1v) is 36.7. The van der Waals surface area contributed by atoms with Crippen LogP contribution in [-0.4, -0.2) is 213 Å². The molecule has 2 unspecified atom stereocenters. The van der Waals surface area contributed by atoms with Crippen LogP contribution in [0.15, 0.2) is 164 Å². The van der Waals surface area contributed by atoms with Gasteiger partial charge in [0.05, 0.1) is 142 Å². The second-order valence-electron chi connectivity index (χ2n) is 27.5. The second-order valence-corrected chi connectivity index (χ2v) is 27.5. The molecule has 3 N–H and O–H groups in total. The number of fused-ring (bicyclic) bond motifs is 3. The molecule has 0 spiro atoms. The minimum absolute atomic E-state index is 0. The van der Waals surface area contributed by atoms with E-state index >= 15 is 0 Å². The van der Waals surface area contributed by atoms with Crippen LogP contribution in [0.3, 0.4) is 0 Å². The second kappa shape index (κ2) is 37.5. The van der Waals surface area contributed by atoms with E-state index in [1.807, 2.05) is 142 Å². The van der Waals surface area contributed by atoms with Gasteiger partial charge in [0.25, 0.3) is 0 Å². The predicted molar refractivity (Wildman–Crippen MR) is 434 cm³/mol. The van der Waals surface area contributed by atoms with Gasteiger partial charge in [-0.3, -0.25) is 39.0 Å². The van der Waals surface area contributed by atoms with Gasteiger partial charge in [-0.25, -0.2) is 19.3 Å². The number of carbonyl (C=O) groups excluding carboxylic acids is 1. The van der Waals surface area contributed by atoms with Gasteiger partial charge in [0.1, 0.15) is 41.2 Å². The van der Waals surface area contributed by atoms with Gasteiger partial charge >= 0.3 is 0 Å². The Hall–Kier alpha value is -10.9. The fourth-order valence-electron chi connectivity index (χ4n) is 13.6. The summed E-state index contributed by atoms with van der Waals surface area (Å²) in [6.45, 7) is 13.8. The highest BCUT2D eigenvalue weighted by molar-refractivity contribution is 7.59. The molecule has 3 aliphatic rings. The molecule has 0 aliphatic carbocycles. The maximum absolute atomic E-state index is 14.5.